The first kappa shape index (κ1) is 19.9. The van der Waals surface area contributed by atoms with E-state index in [0.717, 1.165) is 33.0 Å². The highest BCUT2D eigenvalue weighted by atomic mass is 79.9. The van der Waals surface area contributed by atoms with Crippen molar-refractivity contribution in [1.82, 2.24) is 5.43 Å². The number of hydrogen-bond donors (Lipinski definition) is 1. The smallest absolute Gasteiger partial charge is 0.277 e. The van der Waals surface area contributed by atoms with E-state index in [1.165, 1.54) is 5.56 Å². The lowest BCUT2D eigenvalue weighted by Gasteiger charge is -2.09. The first-order valence-electron chi connectivity index (χ1n) is 8.91. The number of aryl methyl sites for hydroxylation is 1. The number of amides is 1. The predicted octanol–water partition coefficient (Wildman–Crippen LogP) is 4.70. The van der Waals surface area contributed by atoms with Crippen LogP contribution >= 0.6 is 15.9 Å². The van der Waals surface area contributed by atoms with E-state index >= 15 is 0 Å². The molecule has 5 nitrogen and oxygen atoms in total. The Morgan fingerprint density at radius 2 is 1.86 bits per heavy atom. The van der Waals surface area contributed by atoms with Gasteiger partial charge in [-0.25, -0.2) is 5.43 Å². The van der Waals surface area contributed by atoms with Gasteiger partial charge >= 0.3 is 0 Å². The molecule has 6 heteroatoms. The molecule has 144 valence electrons. The van der Waals surface area contributed by atoms with Crippen molar-refractivity contribution in [2.24, 2.45) is 5.10 Å². The van der Waals surface area contributed by atoms with Crippen LogP contribution < -0.4 is 14.9 Å². The molecule has 0 radical (unpaired) electrons. The van der Waals surface area contributed by atoms with Crippen LogP contribution in [-0.4, -0.2) is 25.8 Å². The molecule has 1 amide bonds. The number of carbonyl (C=O) groups is 1. The van der Waals surface area contributed by atoms with Gasteiger partial charge in [-0.15, -0.1) is 0 Å². The summed E-state index contributed by atoms with van der Waals surface area (Å²) in [4.78, 5) is 12.0. The van der Waals surface area contributed by atoms with Crippen LogP contribution in [0.1, 0.15) is 18.1 Å². The molecule has 0 heterocycles. The highest BCUT2D eigenvalue weighted by molar-refractivity contribution is 9.10. The molecule has 0 aliphatic carbocycles. The first-order valence-corrected chi connectivity index (χ1v) is 9.70. The van der Waals surface area contributed by atoms with Crippen LogP contribution in [-0.2, 0) is 11.2 Å². The van der Waals surface area contributed by atoms with E-state index < -0.39 is 0 Å². The molecule has 0 aliphatic rings. The van der Waals surface area contributed by atoms with E-state index in [1.54, 1.807) is 13.3 Å². The van der Waals surface area contributed by atoms with E-state index in [4.69, 9.17) is 9.47 Å². The Balaban J connectivity index is 1.62. The van der Waals surface area contributed by atoms with Gasteiger partial charge in [-0.1, -0.05) is 37.3 Å². The van der Waals surface area contributed by atoms with Crippen molar-refractivity contribution in [3.63, 3.8) is 0 Å². The summed E-state index contributed by atoms with van der Waals surface area (Å²) in [5.41, 5.74) is 4.57. The van der Waals surface area contributed by atoms with E-state index in [9.17, 15) is 4.79 Å². The Bertz CT molecular complexity index is 1020. The molecule has 28 heavy (non-hydrogen) atoms. The van der Waals surface area contributed by atoms with Crippen molar-refractivity contribution < 1.29 is 14.3 Å². The minimum absolute atomic E-state index is 0.120. The van der Waals surface area contributed by atoms with Crippen LogP contribution in [0.4, 0.5) is 0 Å². The standard InChI is InChI=1S/C22H21BrN2O3/c1-3-15-8-10-21(19(23)12-15)28-14-22(26)25-24-13-16-9-11-20(27-2)18-7-5-4-6-17(16)18/h4-13H,3,14H2,1-2H3,(H,25,26)/b24-13+. The van der Waals surface area contributed by atoms with Crippen molar-refractivity contribution in [2.75, 3.05) is 13.7 Å². The molecular formula is C22H21BrN2O3. The monoisotopic (exact) mass is 440 g/mol. The SMILES string of the molecule is CCc1ccc(OCC(=O)N/N=C/c2ccc(OC)c3ccccc23)c(Br)c1. The van der Waals surface area contributed by atoms with E-state index in [2.05, 4.69) is 33.4 Å². The molecule has 0 saturated carbocycles. The third-order valence-corrected chi connectivity index (χ3v) is 4.91. The average Bonchev–Trinajstić information content (AvgIpc) is 2.72. The number of fused-ring (bicyclic) bond motifs is 1. The van der Waals surface area contributed by atoms with Gasteiger partial charge in [0.1, 0.15) is 11.5 Å². The average molecular weight is 441 g/mol. The van der Waals surface area contributed by atoms with Crippen LogP contribution in [0.2, 0.25) is 0 Å². The van der Waals surface area contributed by atoms with Gasteiger partial charge in [-0.05, 0) is 57.6 Å². The van der Waals surface area contributed by atoms with Crippen LogP contribution in [0.3, 0.4) is 0 Å². The Labute approximate surface area is 172 Å². The zero-order valence-electron chi connectivity index (χ0n) is 15.7. The summed E-state index contributed by atoms with van der Waals surface area (Å²) in [7, 11) is 1.64. The number of methoxy groups -OCH3 is 1. The summed E-state index contributed by atoms with van der Waals surface area (Å²) in [5.74, 6) is 1.09. The lowest BCUT2D eigenvalue weighted by molar-refractivity contribution is -0.123. The van der Waals surface area contributed by atoms with Gasteiger partial charge in [0.15, 0.2) is 6.61 Å². The zero-order chi connectivity index (χ0) is 19.9. The predicted molar refractivity (Wildman–Crippen MR) is 115 cm³/mol. The van der Waals surface area contributed by atoms with Gasteiger partial charge in [0.25, 0.3) is 5.91 Å². The summed E-state index contributed by atoms with van der Waals surface area (Å²) in [6.07, 6.45) is 2.56. The minimum atomic E-state index is -0.333. The maximum Gasteiger partial charge on any atom is 0.277 e. The molecule has 3 rings (SSSR count). The second-order valence-corrected chi connectivity index (χ2v) is 6.96. The van der Waals surface area contributed by atoms with Crippen LogP contribution in [0.25, 0.3) is 10.8 Å². The van der Waals surface area contributed by atoms with Gasteiger partial charge in [0.05, 0.1) is 17.8 Å². The number of benzene rings is 3. The highest BCUT2D eigenvalue weighted by Gasteiger charge is 2.07. The molecule has 3 aromatic carbocycles. The highest BCUT2D eigenvalue weighted by Crippen LogP contribution is 2.27. The largest absolute Gasteiger partial charge is 0.496 e. The summed E-state index contributed by atoms with van der Waals surface area (Å²) >= 11 is 3.46. The third-order valence-electron chi connectivity index (χ3n) is 4.29. The number of nitrogens with zero attached hydrogens (tertiary/aromatic N) is 1. The summed E-state index contributed by atoms with van der Waals surface area (Å²) < 4.78 is 11.8. The van der Waals surface area contributed by atoms with Crippen LogP contribution in [0, 0.1) is 0 Å². The van der Waals surface area contributed by atoms with Crippen LogP contribution in [0.15, 0.2) is 64.2 Å². The van der Waals surface area contributed by atoms with E-state index in [-0.39, 0.29) is 12.5 Å². The molecule has 1 N–H and O–H groups in total. The normalized spacial score (nSPS) is 11.0. The number of hydrogen-bond acceptors (Lipinski definition) is 4. The van der Waals surface area contributed by atoms with Gasteiger partial charge < -0.3 is 9.47 Å². The molecule has 0 atom stereocenters. The fraction of sp³-hybridized carbons (Fsp3) is 0.182. The maximum atomic E-state index is 12.0. The molecule has 0 saturated heterocycles. The Morgan fingerprint density at radius 1 is 1.11 bits per heavy atom. The van der Waals surface area contributed by atoms with Crippen molar-refractivity contribution in [2.45, 2.75) is 13.3 Å². The lowest BCUT2D eigenvalue weighted by Crippen LogP contribution is -2.24. The van der Waals surface area contributed by atoms with Gasteiger partial charge in [-0.2, -0.15) is 5.10 Å². The fourth-order valence-electron chi connectivity index (χ4n) is 2.82. The maximum absolute atomic E-state index is 12.0. The Hall–Kier alpha value is -2.86. The molecular weight excluding hydrogens is 420 g/mol. The molecule has 0 spiro atoms. The number of ether oxygens (including phenoxy) is 2. The number of carbonyl (C=O) groups excluding carboxylic acids is 1. The van der Waals surface area contributed by atoms with Gasteiger partial charge in [0, 0.05) is 10.9 Å². The van der Waals surface area contributed by atoms with Crippen molar-refractivity contribution in [3.8, 4) is 11.5 Å². The second kappa shape index (κ2) is 9.37. The van der Waals surface area contributed by atoms with Crippen LogP contribution in [0.5, 0.6) is 11.5 Å². The molecule has 0 fully saturated rings. The molecule has 0 bridgehead atoms. The molecule has 0 aliphatic heterocycles. The van der Waals surface area contributed by atoms with E-state index in [1.807, 2.05) is 54.6 Å². The van der Waals surface area contributed by atoms with Gasteiger partial charge in [0.2, 0.25) is 0 Å². The van der Waals surface area contributed by atoms with Crippen molar-refractivity contribution in [3.05, 3.63) is 70.2 Å². The third kappa shape index (κ3) is 4.70. The second-order valence-electron chi connectivity index (χ2n) is 6.10. The molecule has 3 aromatic rings. The lowest BCUT2D eigenvalue weighted by atomic mass is 10.0. The number of nitrogens with one attached hydrogen (secondary N) is 1. The molecule has 0 aromatic heterocycles. The summed E-state index contributed by atoms with van der Waals surface area (Å²) in [6, 6.07) is 17.5. The number of rotatable bonds is 7. The van der Waals surface area contributed by atoms with Crippen molar-refractivity contribution in [1.29, 1.82) is 0 Å². The molecule has 0 unspecified atom stereocenters. The summed E-state index contributed by atoms with van der Waals surface area (Å²) in [5, 5.41) is 6.04. The number of halogens is 1. The van der Waals surface area contributed by atoms with E-state index in [0.29, 0.717) is 5.75 Å². The number of hydrazone groups is 1. The van der Waals surface area contributed by atoms with Crippen molar-refractivity contribution >= 4 is 38.8 Å². The first-order chi connectivity index (χ1) is 13.6. The fourth-order valence-corrected chi connectivity index (χ4v) is 3.36. The topological polar surface area (TPSA) is 59.9 Å². The van der Waals surface area contributed by atoms with Gasteiger partial charge in [-0.3, -0.25) is 4.79 Å². The zero-order valence-corrected chi connectivity index (χ0v) is 17.3. The summed E-state index contributed by atoms with van der Waals surface area (Å²) in [6.45, 7) is 1.96. The quantitative estimate of drug-likeness (QED) is 0.427. The Morgan fingerprint density at radius 3 is 2.57 bits per heavy atom. The Kier molecular flexibility index (Phi) is 6.66. The minimum Gasteiger partial charge on any atom is -0.496 e.